The summed E-state index contributed by atoms with van der Waals surface area (Å²) in [5.74, 6) is 1.38. The molecule has 2 rings (SSSR count). The van der Waals surface area contributed by atoms with Crippen LogP contribution in [-0.2, 0) is 11.2 Å². The number of benzene rings is 1. The molecule has 0 aromatic heterocycles. The van der Waals surface area contributed by atoms with Crippen LogP contribution in [0.15, 0.2) is 18.2 Å². The lowest BCUT2D eigenvalue weighted by Crippen LogP contribution is -2.13. The summed E-state index contributed by atoms with van der Waals surface area (Å²) in [6.45, 7) is 4.29. The van der Waals surface area contributed by atoms with Crippen molar-refractivity contribution in [3.8, 4) is 5.75 Å². The third-order valence-electron chi connectivity index (χ3n) is 2.61. The fourth-order valence-corrected chi connectivity index (χ4v) is 1.71. The first kappa shape index (κ1) is 9.25. The van der Waals surface area contributed by atoms with E-state index in [0.717, 1.165) is 24.0 Å². The van der Waals surface area contributed by atoms with Gasteiger partial charge in [0.15, 0.2) is 12.4 Å². The van der Waals surface area contributed by atoms with Crippen molar-refractivity contribution < 1.29 is 9.53 Å². The van der Waals surface area contributed by atoms with Crippen LogP contribution in [0.2, 0.25) is 0 Å². The molecule has 1 aliphatic rings. The Kier molecular flexibility index (Phi) is 2.28. The zero-order valence-corrected chi connectivity index (χ0v) is 8.49. The van der Waals surface area contributed by atoms with E-state index < -0.39 is 0 Å². The Balaban J connectivity index is 2.30. The fraction of sp³-hybridized carbons (Fsp3) is 0.417. The van der Waals surface area contributed by atoms with Crippen LogP contribution in [0.4, 0.5) is 0 Å². The predicted octanol–water partition coefficient (Wildman–Crippen LogP) is 2.31. The third-order valence-corrected chi connectivity index (χ3v) is 2.61. The summed E-state index contributed by atoms with van der Waals surface area (Å²) >= 11 is 0. The number of hydrogen-bond acceptors (Lipinski definition) is 2. The number of carbonyl (C=O) groups is 1. The molecular weight excluding hydrogens is 176 g/mol. The molecule has 0 spiro atoms. The Morgan fingerprint density at radius 2 is 2.29 bits per heavy atom. The lowest BCUT2D eigenvalue weighted by atomic mass is 10.0. The van der Waals surface area contributed by atoms with Crippen molar-refractivity contribution in [2.24, 2.45) is 0 Å². The highest BCUT2D eigenvalue weighted by Crippen LogP contribution is 2.31. The second-order valence-electron chi connectivity index (χ2n) is 4.02. The van der Waals surface area contributed by atoms with E-state index in [1.54, 1.807) is 0 Å². The van der Waals surface area contributed by atoms with Crippen LogP contribution in [0.5, 0.6) is 5.75 Å². The van der Waals surface area contributed by atoms with Crippen LogP contribution in [-0.4, -0.2) is 12.4 Å². The molecule has 0 aliphatic carbocycles. The van der Waals surface area contributed by atoms with E-state index in [1.807, 2.05) is 6.07 Å². The minimum absolute atomic E-state index is 0.271. The van der Waals surface area contributed by atoms with Gasteiger partial charge in [-0.25, -0.2) is 0 Å². The molecule has 0 saturated carbocycles. The van der Waals surface area contributed by atoms with Gasteiger partial charge in [-0.15, -0.1) is 0 Å². The van der Waals surface area contributed by atoms with Crippen LogP contribution in [0.3, 0.4) is 0 Å². The molecule has 0 fully saturated rings. The van der Waals surface area contributed by atoms with Gasteiger partial charge in [-0.05, 0) is 23.1 Å². The summed E-state index contributed by atoms with van der Waals surface area (Å²) in [7, 11) is 0. The Labute approximate surface area is 83.9 Å². The van der Waals surface area contributed by atoms with Gasteiger partial charge in [0.1, 0.15) is 5.75 Å². The summed E-state index contributed by atoms with van der Waals surface area (Å²) in [6, 6.07) is 6.22. The molecule has 0 amide bonds. The van der Waals surface area contributed by atoms with Crippen LogP contribution >= 0.6 is 0 Å². The first-order chi connectivity index (χ1) is 6.70. The Bertz CT molecular complexity index is 355. The molecule has 74 valence electrons. The van der Waals surface area contributed by atoms with Crippen molar-refractivity contribution >= 4 is 6.29 Å². The molecule has 0 N–H and O–H groups in total. The van der Waals surface area contributed by atoms with Gasteiger partial charge in [-0.2, -0.15) is 0 Å². The molecule has 1 heterocycles. The number of rotatable bonds is 2. The van der Waals surface area contributed by atoms with Crippen LogP contribution in [0, 0.1) is 0 Å². The highest BCUT2D eigenvalue weighted by molar-refractivity contribution is 5.61. The molecule has 0 saturated heterocycles. The smallest absolute Gasteiger partial charge is 0.160 e. The van der Waals surface area contributed by atoms with Crippen molar-refractivity contribution in [1.29, 1.82) is 0 Å². The standard InChI is InChI=1S/C12H14O2/c1-8(2)9-3-4-10-5-11(7-13)14-12(10)6-9/h3-4,6-8,11H,5H2,1-2H3. The lowest BCUT2D eigenvalue weighted by molar-refractivity contribution is -0.113. The second-order valence-corrected chi connectivity index (χ2v) is 4.02. The molecule has 1 atom stereocenters. The van der Waals surface area contributed by atoms with Crippen LogP contribution < -0.4 is 4.74 Å². The first-order valence-corrected chi connectivity index (χ1v) is 4.95. The third kappa shape index (κ3) is 1.52. The van der Waals surface area contributed by atoms with Crippen LogP contribution in [0.25, 0.3) is 0 Å². The Morgan fingerprint density at radius 1 is 1.50 bits per heavy atom. The van der Waals surface area contributed by atoms with E-state index in [4.69, 9.17) is 4.74 Å². The van der Waals surface area contributed by atoms with Crippen molar-refractivity contribution in [1.82, 2.24) is 0 Å². The normalized spacial score (nSPS) is 19.2. The quantitative estimate of drug-likeness (QED) is 0.669. The predicted molar refractivity (Wildman–Crippen MR) is 54.7 cm³/mol. The van der Waals surface area contributed by atoms with Crippen molar-refractivity contribution in [2.45, 2.75) is 32.3 Å². The van der Waals surface area contributed by atoms with E-state index >= 15 is 0 Å². The highest BCUT2D eigenvalue weighted by Gasteiger charge is 2.22. The summed E-state index contributed by atoms with van der Waals surface area (Å²) < 4.78 is 5.48. The summed E-state index contributed by atoms with van der Waals surface area (Å²) in [5.41, 5.74) is 2.40. The van der Waals surface area contributed by atoms with E-state index in [-0.39, 0.29) is 6.10 Å². The number of ether oxygens (including phenoxy) is 1. The molecule has 1 aromatic rings. The Hall–Kier alpha value is -1.31. The van der Waals surface area contributed by atoms with Crippen molar-refractivity contribution in [3.63, 3.8) is 0 Å². The minimum Gasteiger partial charge on any atom is -0.482 e. The van der Waals surface area contributed by atoms with Gasteiger partial charge in [-0.1, -0.05) is 26.0 Å². The number of carbonyl (C=O) groups excluding carboxylic acids is 1. The first-order valence-electron chi connectivity index (χ1n) is 4.95. The van der Waals surface area contributed by atoms with Crippen molar-refractivity contribution in [2.75, 3.05) is 0 Å². The maximum Gasteiger partial charge on any atom is 0.160 e. The van der Waals surface area contributed by atoms with Crippen molar-refractivity contribution in [3.05, 3.63) is 29.3 Å². The van der Waals surface area contributed by atoms with E-state index in [0.29, 0.717) is 5.92 Å². The van der Waals surface area contributed by atoms with Gasteiger partial charge in [0.25, 0.3) is 0 Å². The van der Waals surface area contributed by atoms with E-state index in [1.165, 1.54) is 5.56 Å². The molecule has 1 aromatic carbocycles. The molecule has 0 bridgehead atoms. The largest absolute Gasteiger partial charge is 0.482 e. The maximum atomic E-state index is 10.6. The van der Waals surface area contributed by atoms with Gasteiger partial charge < -0.3 is 4.74 Å². The summed E-state index contributed by atoms with van der Waals surface area (Å²) in [4.78, 5) is 10.6. The van der Waals surface area contributed by atoms with Gasteiger partial charge in [0, 0.05) is 6.42 Å². The number of fused-ring (bicyclic) bond motifs is 1. The number of hydrogen-bond donors (Lipinski definition) is 0. The zero-order valence-electron chi connectivity index (χ0n) is 8.49. The Morgan fingerprint density at radius 3 is 2.93 bits per heavy atom. The molecule has 2 nitrogen and oxygen atoms in total. The molecule has 2 heteroatoms. The van der Waals surface area contributed by atoms with Gasteiger partial charge in [0.05, 0.1) is 0 Å². The van der Waals surface area contributed by atoms with Crippen LogP contribution in [0.1, 0.15) is 30.9 Å². The molecule has 0 radical (unpaired) electrons. The lowest BCUT2D eigenvalue weighted by Gasteiger charge is -2.07. The number of aldehydes is 1. The van der Waals surface area contributed by atoms with Gasteiger partial charge >= 0.3 is 0 Å². The molecule has 14 heavy (non-hydrogen) atoms. The van der Waals surface area contributed by atoms with E-state index in [2.05, 4.69) is 26.0 Å². The highest BCUT2D eigenvalue weighted by atomic mass is 16.5. The van der Waals surface area contributed by atoms with Gasteiger partial charge in [0.2, 0.25) is 0 Å². The average molecular weight is 190 g/mol. The monoisotopic (exact) mass is 190 g/mol. The minimum atomic E-state index is -0.271. The summed E-state index contributed by atoms with van der Waals surface area (Å²) in [6.07, 6.45) is 1.32. The fourth-order valence-electron chi connectivity index (χ4n) is 1.71. The van der Waals surface area contributed by atoms with E-state index in [9.17, 15) is 4.79 Å². The summed E-state index contributed by atoms with van der Waals surface area (Å²) in [5, 5.41) is 0. The molecule has 1 aliphatic heterocycles. The molecule has 1 unspecified atom stereocenters. The second kappa shape index (κ2) is 3.45. The zero-order chi connectivity index (χ0) is 10.1. The van der Waals surface area contributed by atoms with Gasteiger partial charge in [-0.3, -0.25) is 4.79 Å². The average Bonchev–Trinajstić information content (AvgIpc) is 2.58. The topological polar surface area (TPSA) is 26.3 Å². The maximum absolute atomic E-state index is 10.6. The molecular formula is C12H14O2. The SMILES string of the molecule is CC(C)c1ccc2c(c1)OC(C=O)C2.